The number of ketones is 1. The zero-order valence-corrected chi connectivity index (χ0v) is 16.1. The minimum Gasteiger partial charge on any atom is -0.389 e. The summed E-state index contributed by atoms with van der Waals surface area (Å²) in [6, 6.07) is 9.40. The van der Waals surface area contributed by atoms with Crippen LogP contribution in [0.2, 0.25) is 0 Å². The van der Waals surface area contributed by atoms with E-state index in [2.05, 4.69) is 4.90 Å². The summed E-state index contributed by atoms with van der Waals surface area (Å²) in [6.45, 7) is 3.73. The number of benzene rings is 1. The molecule has 27 heavy (non-hydrogen) atoms. The maximum Gasteiger partial charge on any atom is 0.248 e. The molecule has 2 atom stereocenters. The number of aliphatic hydroxyl groups is 1. The maximum atomic E-state index is 12.2. The van der Waals surface area contributed by atoms with Crippen molar-refractivity contribution in [3.05, 3.63) is 35.9 Å². The molecule has 3 rings (SSSR count). The fourth-order valence-electron chi connectivity index (χ4n) is 4.25. The van der Waals surface area contributed by atoms with E-state index in [0.29, 0.717) is 25.9 Å². The van der Waals surface area contributed by atoms with Gasteiger partial charge >= 0.3 is 0 Å². The van der Waals surface area contributed by atoms with Crippen molar-refractivity contribution in [1.82, 2.24) is 9.80 Å². The first kappa shape index (κ1) is 20.0. The third-order valence-electron chi connectivity index (χ3n) is 5.95. The Morgan fingerprint density at radius 3 is 2.67 bits per heavy atom. The number of carbonyl (C=O) groups is 2. The van der Waals surface area contributed by atoms with Gasteiger partial charge in [-0.05, 0) is 25.8 Å². The van der Waals surface area contributed by atoms with Crippen LogP contribution in [0.15, 0.2) is 30.3 Å². The summed E-state index contributed by atoms with van der Waals surface area (Å²) in [5, 5.41) is 11.0. The maximum absolute atomic E-state index is 12.2. The van der Waals surface area contributed by atoms with Crippen LogP contribution in [-0.4, -0.2) is 78.6 Å². The minimum atomic E-state index is -0.666. The molecule has 1 N–H and O–H groups in total. The lowest BCUT2D eigenvalue weighted by molar-refractivity contribution is -0.150. The molecule has 2 fully saturated rings. The van der Waals surface area contributed by atoms with Crippen molar-refractivity contribution in [3.63, 3.8) is 0 Å². The molecule has 0 saturated carbocycles. The lowest BCUT2D eigenvalue weighted by atomic mass is 9.75. The molecule has 0 aliphatic carbocycles. The molecule has 0 bridgehead atoms. The van der Waals surface area contributed by atoms with Crippen LogP contribution in [0.5, 0.6) is 0 Å². The highest BCUT2D eigenvalue weighted by Crippen LogP contribution is 2.35. The van der Waals surface area contributed by atoms with E-state index in [1.165, 1.54) is 7.11 Å². The molecular formula is C21H30N2O4. The Labute approximate surface area is 161 Å². The average molecular weight is 374 g/mol. The first-order valence-corrected chi connectivity index (χ1v) is 9.81. The van der Waals surface area contributed by atoms with E-state index < -0.39 is 5.60 Å². The van der Waals surface area contributed by atoms with Crippen LogP contribution in [0.25, 0.3) is 0 Å². The molecule has 0 aromatic heterocycles. The smallest absolute Gasteiger partial charge is 0.248 e. The molecule has 0 unspecified atom stereocenters. The molecule has 0 spiro atoms. The Hall–Kier alpha value is -1.76. The summed E-state index contributed by atoms with van der Waals surface area (Å²) >= 11 is 0. The van der Waals surface area contributed by atoms with E-state index in [1.54, 1.807) is 0 Å². The highest BCUT2D eigenvalue weighted by Gasteiger charge is 2.45. The Balaban J connectivity index is 1.48. The normalized spacial score (nSPS) is 25.9. The summed E-state index contributed by atoms with van der Waals surface area (Å²) < 4.78 is 4.96. The standard InChI is InChI=1S/C21H30N2O4/c1-27-16-20(25)23-13-10-21(26)9-12-22(14-18(21)15-23)11-5-8-19(24)17-6-3-2-4-7-17/h2-4,6-7,18,26H,5,8-16H2,1H3/t18-,21-/m0/s1. The summed E-state index contributed by atoms with van der Waals surface area (Å²) in [6.07, 6.45) is 2.71. The molecule has 1 aromatic carbocycles. The Kier molecular flexibility index (Phi) is 6.63. The van der Waals surface area contributed by atoms with Gasteiger partial charge in [-0.3, -0.25) is 9.59 Å². The summed E-state index contributed by atoms with van der Waals surface area (Å²) in [4.78, 5) is 28.5. The molecule has 2 heterocycles. The van der Waals surface area contributed by atoms with Crippen molar-refractivity contribution in [1.29, 1.82) is 0 Å². The fourth-order valence-corrected chi connectivity index (χ4v) is 4.25. The number of methoxy groups -OCH3 is 1. The summed E-state index contributed by atoms with van der Waals surface area (Å²) in [7, 11) is 1.53. The first-order valence-electron chi connectivity index (χ1n) is 9.81. The minimum absolute atomic E-state index is 0.00914. The van der Waals surface area contributed by atoms with Crippen LogP contribution in [0, 0.1) is 5.92 Å². The van der Waals surface area contributed by atoms with Gasteiger partial charge in [0, 0.05) is 51.2 Å². The van der Waals surface area contributed by atoms with E-state index in [0.717, 1.165) is 38.0 Å². The van der Waals surface area contributed by atoms with Crippen molar-refractivity contribution >= 4 is 11.7 Å². The average Bonchev–Trinajstić information content (AvgIpc) is 2.68. The number of piperidine rings is 2. The molecule has 2 aliphatic rings. The summed E-state index contributed by atoms with van der Waals surface area (Å²) in [5.41, 5.74) is 0.102. The number of hydrogen-bond acceptors (Lipinski definition) is 5. The van der Waals surface area contributed by atoms with Gasteiger partial charge in [-0.15, -0.1) is 0 Å². The molecule has 6 nitrogen and oxygen atoms in total. The second-order valence-electron chi connectivity index (χ2n) is 7.77. The van der Waals surface area contributed by atoms with Crippen LogP contribution >= 0.6 is 0 Å². The van der Waals surface area contributed by atoms with E-state index in [-0.39, 0.29) is 24.2 Å². The van der Waals surface area contributed by atoms with Gasteiger partial charge in [0.25, 0.3) is 0 Å². The molecule has 1 aromatic rings. The van der Waals surface area contributed by atoms with Crippen molar-refractivity contribution in [3.8, 4) is 0 Å². The third kappa shape index (κ3) is 4.94. The highest BCUT2D eigenvalue weighted by atomic mass is 16.5. The predicted molar refractivity (Wildman–Crippen MR) is 103 cm³/mol. The van der Waals surface area contributed by atoms with Crippen LogP contribution < -0.4 is 0 Å². The predicted octanol–water partition coefficient (Wildman–Crippen LogP) is 1.58. The monoisotopic (exact) mass is 374 g/mol. The van der Waals surface area contributed by atoms with E-state index in [1.807, 2.05) is 35.2 Å². The summed E-state index contributed by atoms with van der Waals surface area (Å²) in [5.74, 6) is 0.230. The zero-order valence-electron chi connectivity index (χ0n) is 16.1. The zero-order chi connectivity index (χ0) is 19.3. The van der Waals surface area contributed by atoms with Gasteiger partial charge in [-0.1, -0.05) is 30.3 Å². The van der Waals surface area contributed by atoms with Crippen molar-refractivity contribution < 1.29 is 19.4 Å². The Morgan fingerprint density at radius 1 is 1.19 bits per heavy atom. The van der Waals surface area contributed by atoms with Crippen LogP contribution in [0.1, 0.15) is 36.0 Å². The number of hydrogen-bond donors (Lipinski definition) is 1. The number of carbonyl (C=O) groups excluding carboxylic acids is 2. The third-order valence-corrected chi connectivity index (χ3v) is 5.95. The number of ether oxygens (including phenoxy) is 1. The number of fused-ring (bicyclic) bond motifs is 1. The highest BCUT2D eigenvalue weighted by molar-refractivity contribution is 5.95. The van der Waals surface area contributed by atoms with Crippen LogP contribution in [0.3, 0.4) is 0 Å². The van der Waals surface area contributed by atoms with Gasteiger partial charge in [0.15, 0.2) is 5.78 Å². The molecule has 1 amide bonds. The van der Waals surface area contributed by atoms with Crippen LogP contribution in [-0.2, 0) is 9.53 Å². The fraction of sp³-hybridized carbons (Fsp3) is 0.619. The molecule has 0 radical (unpaired) electrons. The molecule has 148 valence electrons. The number of rotatable bonds is 7. The van der Waals surface area contributed by atoms with Crippen molar-refractivity contribution in [2.45, 2.75) is 31.3 Å². The lowest BCUT2D eigenvalue weighted by Crippen LogP contribution is -2.61. The van der Waals surface area contributed by atoms with Gasteiger partial charge in [0.2, 0.25) is 5.91 Å². The molecular weight excluding hydrogens is 344 g/mol. The largest absolute Gasteiger partial charge is 0.389 e. The van der Waals surface area contributed by atoms with Crippen LogP contribution in [0.4, 0.5) is 0 Å². The quantitative estimate of drug-likeness (QED) is 0.734. The lowest BCUT2D eigenvalue weighted by Gasteiger charge is -2.50. The van der Waals surface area contributed by atoms with Gasteiger partial charge in [-0.25, -0.2) is 0 Å². The van der Waals surface area contributed by atoms with Gasteiger partial charge in [0.05, 0.1) is 5.60 Å². The number of Topliss-reactive ketones (excluding diaryl/α,β-unsaturated/α-hetero) is 1. The SMILES string of the molecule is COCC(=O)N1CC[C@@]2(O)CCN(CCCC(=O)c3ccccc3)C[C@H]2C1. The second-order valence-corrected chi connectivity index (χ2v) is 7.77. The number of amides is 1. The Bertz CT molecular complexity index is 651. The molecule has 6 heteroatoms. The molecule has 2 saturated heterocycles. The van der Waals surface area contributed by atoms with Crippen molar-refractivity contribution in [2.24, 2.45) is 5.92 Å². The number of nitrogens with zero attached hydrogens (tertiary/aromatic N) is 2. The number of likely N-dealkylation sites (tertiary alicyclic amines) is 2. The second kappa shape index (κ2) is 8.95. The van der Waals surface area contributed by atoms with Gasteiger partial charge in [-0.2, -0.15) is 0 Å². The van der Waals surface area contributed by atoms with E-state index in [9.17, 15) is 14.7 Å². The van der Waals surface area contributed by atoms with Gasteiger partial charge in [0.1, 0.15) is 6.61 Å². The Morgan fingerprint density at radius 2 is 1.93 bits per heavy atom. The topological polar surface area (TPSA) is 70.1 Å². The van der Waals surface area contributed by atoms with Crippen molar-refractivity contribution in [2.75, 3.05) is 46.4 Å². The van der Waals surface area contributed by atoms with E-state index >= 15 is 0 Å². The first-order chi connectivity index (χ1) is 13.0. The van der Waals surface area contributed by atoms with E-state index in [4.69, 9.17) is 4.74 Å². The van der Waals surface area contributed by atoms with Gasteiger partial charge < -0.3 is 19.6 Å². The molecule has 2 aliphatic heterocycles.